The molecule has 0 fully saturated rings. The van der Waals surface area contributed by atoms with Crippen LogP contribution in [-0.4, -0.2) is 29.9 Å². The summed E-state index contributed by atoms with van der Waals surface area (Å²) in [6.07, 6.45) is 16.9. The maximum absolute atomic E-state index is 11.1. The summed E-state index contributed by atoms with van der Waals surface area (Å²) in [6.45, 7) is 2.05. The molecule has 0 saturated carbocycles. The molecule has 1 unspecified atom stereocenters. The number of aliphatic hydroxyl groups is 1. The van der Waals surface area contributed by atoms with E-state index in [1.54, 1.807) is 0 Å². The normalized spacial score (nSPS) is 13.3. The van der Waals surface area contributed by atoms with Crippen molar-refractivity contribution in [2.24, 2.45) is 0 Å². The van der Waals surface area contributed by atoms with Crippen molar-refractivity contribution in [3.8, 4) is 0 Å². The fourth-order valence-corrected chi connectivity index (χ4v) is 3.84. The molecule has 4 nitrogen and oxygen atoms in total. The molecule has 0 amide bonds. The molecule has 0 aromatic carbocycles. The molecule has 0 aliphatic heterocycles. The van der Waals surface area contributed by atoms with Gasteiger partial charge in [0.05, 0.1) is 5.25 Å². The minimum atomic E-state index is -4.00. The van der Waals surface area contributed by atoms with E-state index in [0.29, 0.717) is 6.42 Å². The van der Waals surface area contributed by atoms with Crippen molar-refractivity contribution in [1.29, 1.82) is 0 Å². The van der Waals surface area contributed by atoms with E-state index >= 15 is 0 Å². The Morgan fingerprint density at radius 2 is 1.09 bits per heavy atom. The third-order valence-corrected chi connectivity index (χ3v) is 5.82. The molecule has 2 N–H and O–H groups in total. The molecule has 0 saturated heterocycles. The van der Waals surface area contributed by atoms with Gasteiger partial charge in [-0.05, 0) is 12.8 Å². The Morgan fingerprint density at radius 1 is 0.696 bits per heavy atom. The standard InChI is InChI=1S/C18H38O4S/c1-2-3-4-5-6-7-8-9-10-11-12-13-14-15-18(16-17-19)23(20,21)22/h18-19H,2-17H2,1H3,(H,20,21,22). The predicted octanol–water partition coefficient (Wildman–Crippen LogP) is 5.11. The molecule has 23 heavy (non-hydrogen) atoms. The van der Waals surface area contributed by atoms with Crippen molar-refractivity contribution in [3.63, 3.8) is 0 Å². The van der Waals surface area contributed by atoms with Crippen molar-refractivity contribution >= 4 is 10.1 Å². The second-order valence-corrected chi connectivity index (χ2v) is 8.38. The zero-order valence-electron chi connectivity index (χ0n) is 15.0. The summed E-state index contributed by atoms with van der Waals surface area (Å²) in [5.74, 6) is 0. The van der Waals surface area contributed by atoms with Gasteiger partial charge in [0.25, 0.3) is 10.1 Å². The Balaban J connectivity index is 3.36. The predicted molar refractivity (Wildman–Crippen MR) is 97.4 cm³/mol. The second kappa shape index (κ2) is 15.4. The smallest absolute Gasteiger partial charge is 0.267 e. The third kappa shape index (κ3) is 15.2. The van der Waals surface area contributed by atoms with Crippen LogP contribution in [0, 0.1) is 0 Å². The number of unbranched alkanes of at least 4 members (excludes halogenated alkanes) is 12. The fraction of sp³-hybridized carbons (Fsp3) is 1.00. The highest BCUT2D eigenvalue weighted by Gasteiger charge is 2.21. The van der Waals surface area contributed by atoms with Gasteiger partial charge in [-0.25, -0.2) is 0 Å². The summed E-state index contributed by atoms with van der Waals surface area (Å²) in [5.41, 5.74) is 0. The van der Waals surface area contributed by atoms with E-state index in [1.807, 2.05) is 0 Å². The lowest BCUT2D eigenvalue weighted by Crippen LogP contribution is -2.21. The molecule has 140 valence electrons. The molecule has 0 spiro atoms. The van der Waals surface area contributed by atoms with E-state index in [-0.39, 0.29) is 13.0 Å². The average molecular weight is 351 g/mol. The zero-order chi connectivity index (χ0) is 17.4. The quantitative estimate of drug-likeness (QED) is 0.282. The van der Waals surface area contributed by atoms with Crippen molar-refractivity contribution in [2.75, 3.05) is 6.61 Å². The maximum Gasteiger partial charge on any atom is 0.267 e. The molecule has 0 aromatic rings. The lowest BCUT2D eigenvalue weighted by Gasteiger charge is -2.12. The van der Waals surface area contributed by atoms with Crippen LogP contribution in [0.25, 0.3) is 0 Å². The van der Waals surface area contributed by atoms with E-state index in [1.165, 1.54) is 64.2 Å². The van der Waals surface area contributed by atoms with Gasteiger partial charge in [0.15, 0.2) is 0 Å². The Kier molecular flexibility index (Phi) is 15.3. The molecule has 0 aliphatic carbocycles. The minimum absolute atomic E-state index is 0.136. The van der Waals surface area contributed by atoms with Crippen LogP contribution in [-0.2, 0) is 10.1 Å². The van der Waals surface area contributed by atoms with Gasteiger partial charge in [-0.3, -0.25) is 4.55 Å². The number of rotatable bonds is 17. The molecule has 0 heterocycles. The number of hydrogen-bond donors (Lipinski definition) is 2. The summed E-state index contributed by atoms with van der Waals surface area (Å²) in [4.78, 5) is 0. The van der Waals surface area contributed by atoms with Gasteiger partial charge in [-0.15, -0.1) is 0 Å². The molecule has 0 rings (SSSR count). The summed E-state index contributed by atoms with van der Waals surface area (Å²) in [6, 6.07) is 0. The first-order chi connectivity index (χ1) is 11.0. The third-order valence-electron chi connectivity index (χ3n) is 4.50. The first kappa shape index (κ1) is 22.9. The molecular weight excluding hydrogens is 312 g/mol. The van der Waals surface area contributed by atoms with Crippen molar-refractivity contribution in [1.82, 2.24) is 0 Å². The van der Waals surface area contributed by atoms with E-state index < -0.39 is 15.4 Å². The number of hydrogen-bond acceptors (Lipinski definition) is 3. The molecule has 1 atom stereocenters. The number of aliphatic hydroxyl groups excluding tert-OH is 1. The van der Waals surface area contributed by atoms with Crippen molar-refractivity contribution in [3.05, 3.63) is 0 Å². The van der Waals surface area contributed by atoms with Gasteiger partial charge < -0.3 is 5.11 Å². The molecule has 0 aromatic heterocycles. The fourth-order valence-electron chi connectivity index (χ4n) is 2.98. The van der Waals surface area contributed by atoms with Crippen LogP contribution in [0.2, 0.25) is 0 Å². The van der Waals surface area contributed by atoms with E-state index in [2.05, 4.69) is 6.92 Å². The highest BCUT2D eigenvalue weighted by Crippen LogP contribution is 2.16. The van der Waals surface area contributed by atoms with E-state index in [9.17, 15) is 8.42 Å². The average Bonchev–Trinajstić information content (AvgIpc) is 2.49. The largest absolute Gasteiger partial charge is 0.396 e. The molecule has 0 aliphatic rings. The molecule has 5 heteroatoms. The van der Waals surface area contributed by atoms with Crippen LogP contribution in [0.4, 0.5) is 0 Å². The van der Waals surface area contributed by atoms with Crippen molar-refractivity contribution < 1.29 is 18.1 Å². The molecule has 0 bridgehead atoms. The van der Waals surface area contributed by atoms with Crippen LogP contribution in [0.5, 0.6) is 0 Å². The van der Waals surface area contributed by atoms with Gasteiger partial charge in [0.1, 0.15) is 0 Å². The molecular formula is C18H38O4S. The van der Waals surface area contributed by atoms with Crippen LogP contribution < -0.4 is 0 Å². The van der Waals surface area contributed by atoms with Crippen LogP contribution >= 0.6 is 0 Å². The topological polar surface area (TPSA) is 74.6 Å². The maximum atomic E-state index is 11.1. The lowest BCUT2D eigenvalue weighted by molar-refractivity contribution is 0.279. The Labute approximate surface area is 143 Å². The highest BCUT2D eigenvalue weighted by molar-refractivity contribution is 7.86. The highest BCUT2D eigenvalue weighted by atomic mass is 32.2. The summed E-state index contributed by atoms with van der Waals surface area (Å²) in [7, 11) is -4.00. The zero-order valence-corrected chi connectivity index (χ0v) is 15.8. The van der Waals surface area contributed by atoms with Crippen molar-refractivity contribution in [2.45, 2.75) is 108 Å². The Bertz CT molecular complexity index is 341. The summed E-state index contributed by atoms with van der Waals surface area (Å²) < 4.78 is 31.3. The van der Waals surface area contributed by atoms with E-state index in [4.69, 9.17) is 9.66 Å². The van der Waals surface area contributed by atoms with Gasteiger partial charge in [0, 0.05) is 6.61 Å². The first-order valence-electron chi connectivity index (χ1n) is 9.59. The first-order valence-corrected chi connectivity index (χ1v) is 11.1. The van der Waals surface area contributed by atoms with Crippen LogP contribution in [0.1, 0.15) is 103 Å². The van der Waals surface area contributed by atoms with Crippen LogP contribution in [0.15, 0.2) is 0 Å². The molecule has 0 radical (unpaired) electrons. The minimum Gasteiger partial charge on any atom is -0.396 e. The van der Waals surface area contributed by atoms with Crippen LogP contribution in [0.3, 0.4) is 0 Å². The lowest BCUT2D eigenvalue weighted by atomic mass is 10.0. The second-order valence-electron chi connectivity index (χ2n) is 6.68. The van der Waals surface area contributed by atoms with Gasteiger partial charge >= 0.3 is 0 Å². The van der Waals surface area contributed by atoms with Gasteiger partial charge in [-0.1, -0.05) is 90.4 Å². The van der Waals surface area contributed by atoms with Gasteiger partial charge in [-0.2, -0.15) is 8.42 Å². The van der Waals surface area contributed by atoms with E-state index in [0.717, 1.165) is 19.3 Å². The Morgan fingerprint density at radius 3 is 1.43 bits per heavy atom. The van der Waals surface area contributed by atoms with Gasteiger partial charge in [0.2, 0.25) is 0 Å². The summed E-state index contributed by atoms with van der Waals surface area (Å²) >= 11 is 0. The Hall–Kier alpha value is -0.130. The summed E-state index contributed by atoms with van der Waals surface area (Å²) in [5, 5.41) is 8.04. The SMILES string of the molecule is CCCCCCCCCCCCCCCC(CCO)S(=O)(=O)O. The monoisotopic (exact) mass is 350 g/mol.